The fourth-order valence-electron chi connectivity index (χ4n) is 1.76. The molecule has 2 rings (SSSR count). The lowest BCUT2D eigenvalue weighted by molar-refractivity contribution is -0.119. The van der Waals surface area contributed by atoms with Gasteiger partial charge in [0.05, 0.1) is 6.54 Å². The highest BCUT2D eigenvalue weighted by atomic mass is 16.1. The van der Waals surface area contributed by atoms with Crippen molar-refractivity contribution in [3.05, 3.63) is 48.0 Å². The summed E-state index contributed by atoms with van der Waals surface area (Å²) in [5.41, 5.74) is 1.19. The van der Waals surface area contributed by atoms with Crippen LogP contribution in [-0.4, -0.2) is 19.5 Å². The Bertz CT molecular complexity index is 522. The lowest BCUT2D eigenvalue weighted by Gasteiger charge is -2.05. The van der Waals surface area contributed by atoms with Crippen LogP contribution in [0.3, 0.4) is 0 Å². The normalized spacial score (nSPS) is 10.4. The van der Waals surface area contributed by atoms with Crippen LogP contribution in [0.4, 0.5) is 0 Å². The summed E-state index contributed by atoms with van der Waals surface area (Å²) in [5.74, 6) is 0.00536. The number of rotatable bonds is 4. The number of benzene rings is 2. The van der Waals surface area contributed by atoms with Gasteiger partial charge in [-0.2, -0.15) is 0 Å². The fourth-order valence-corrected chi connectivity index (χ4v) is 1.76. The maximum Gasteiger partial charge on any atom is 0.233 e. The van der Waals surface area contributed by atoms with Crippen LogP contribution < -0.4 is 10.6 Å². The van der Waals surface area contributed by atoms with Gasteiger partial charge < -0.3 is 10.6 Å². The van der Waals surface area contributed by atoms with Crippen LogP contribution in [0.5, 0.6) is 0 Å². The highest BCUT2D eigenvalue weighted by Crippen LogP contribution is 2.15. The van der Waals surface area contributed by atoms with Crippen molar-refractivity contribution in [1.29, 1.82) is 0 Å². The van der Waals surface area contributed by atoms with E-state index in [0.717, 1.165) is 0 Å². The van der Waals surface area contributed by atoms with Gasteiger partial charge in [0, 0.05) is 13.6 Å². The molecule has 2 aromatic carbocycles. The Kier molecular flexibility index (Phi) is 3.73. The van der Waals surface area contributed by atoms with Crippen molar-refractivity contribution in [2.24, 2.45) is 0 Å². The van der Waals surface area contributed by atoms with Gasteiger partial charge >= 0.3 is 0 Å². The van der Waals surface area contributed by atoms with Gasteiger partial charge in [-0.1, -0.05) is 36.4 Å². The van der Waals surface area contributed by atoms with Crippen LogP contribution in [0.25, 0.3) is 10.8 Å². The molecule has 17 heavy (non-hydrogen) atoms. The molecular formula is C14H16N2O. The number of carbonyl (C=O) groups excluding carboxylic acids is 1. The van der Waals surface area contributed by atoms with Gasteiger partial charge in [0.2, 0.25) is 5.91 Å². The first-order valence-corrected chi connectivity index (χ1v) is 5.68. The van der Waals surface area contributed by atoms with Gasteiger partial charge in [-0.3, -0.25) is 4.79 Å². The van der Waals surface area contributed by atoms with E-state index in [0.29, 0.717) is 13.1 Å². The molecule has 2 N–H and O–H groups in total. The molecule has 3 nitrogen and oxygen atoms in total. The maximum atomic E-state index is 11.0. The summed E-state index contributed by atoms with van der Waals surface area (Å²) in [6, 6.07) is 14.6. The van der Waals surface area contributed by atoms with Gasteiger partial charge in [-0.05, 0) is 22.4 Å². The Morgan fingerprint density at radius 1 is 1.12 bits per heavy atom. The average molecular weight is 228 g/mol. The van der Waals surface area contributed by atoms with Gasteiger partial charge in [0.1, 0.15) is 0 Å². The molecule has 0 atom stereocenters. The third-order valence-electron chi connectivity index (χ3n) is 2.71. The zero-order chi connectivity index (χ0) is 12.1. The zero-order valence-electron chi connectivity index (χ0n) is 9.86. The summed E-state index contributed by atoms with van der Waals surface area (Å²) < 4.78 is 0. The zero-order valence-corrected chi connectivity index (χ0v) is 9.86. The van der Waals surface area contributed by atoms with Crippen molar-refractivity contribution in [3.8, 4) is 0 Å². The lowest BCUT2D eigenvalue weighted by Crippen LogP contribution is -2.30. The molecule has 0 unspecified atom stereocenters. The third kappa shape index (κ3) is 3.04. The van der Waals surface area contributed by atoms with Crippen molar-refractivity contribution in [2.75, 3.05) is 13.6 Å². The third-order valence-corrected chi connectivity index (χ3v) is 2.71. The van der Waals surface area contributed by atoms with E-state index < -0.39 is 0 Å². The van der Waals surface area contributed by atoms with Crippen LogP contribution in [-0.2, 0) is 11.3 Å². The number of carbonyl (C=O) groups is 1. The van der Waals surface area contributed by atoms with E-state index in [1.807, 2.05) is 12.1 Å². The summed E-state index contributed by atoms with van der Waals surface area (Å²) >= 11 is 0. The SMILES string of the molecule is CNC(=O)CNCc1ccc2ccccc2c1. The second-order valence-corrected chi connectivity index (χ2v) is 3.96. The minimum Gasteiger partial charge on any atom is -0.358 e. The number of likely N-dealkylation sites (N-methyl/N-ethyl adjacent to an activating group) is 1. The first kappa shape index (κ1) is 11.6. The van der Waals surface area contributed by atoms with Crippen LogP contribution in [0.2, 0.25) is 0 Å². The molecule has 0 fully saturated rings. The molecule has 0 radical (unpaired) electrons. The highest BCUT2D eigenvalue weighted by Gasteiger charge is 1.98. The van der Waals surface area contributed by atoms with Crippen LogP contribution >= 0.6 is 0 Å². The number of fused-ring (bicyclic) bond motifs is 1. The summed E-state index contributed by atoms with van der Waals surface area (Å²) in [7, 11) is 1.64. The molecule has 88 valence electrons. The number of hydrogen-bond donors (Lipinski definition) is 2. The molecule has 0 aliphatic carbocycles. The van der Waals surface area contributed by atoms with Gasteiger partial charge in [0.25, 0.3) is 0 Å². The van der Waals surface area contributed by atoms with Gasteiger partial charge in [-0.15, -0.1) is 0 Å². The quantitative estimate of drug-likeness (QED) is 0.836. The van der Waals surface area contributed by atoms with Crippen molar-refractivity contribution in [2.45, 2.75) is 6.54 Å². The van der Waals surface area contributed by atoms with E-state index in [9.17, 15) is 4.79 Å². The molecule has 2 aromatic rings. The molecule has 0 aliphatic rings. The Morgan fingerprint density at radius 3 is 2.65 bits per heavy atom. The maximum absolute atomic E-state index is 11.0. The fraction of sp³-hybridized carbons (Fsp3) is 0.214. The van der Waals surface area contributed by atoms with E-state index in [1.54, 1.807) is 7.05 Å². The van der Waals surface area contributed by atoms with Crippen molar-refractivity contribution in [3.63, 3.8) is 0 Å². The Labute approximate surface area is 101 Å². The monoisotopic (exact) mass is 228 g/mol. The predicted molar refractivity (Wildman–Crippen MR) is 69.7 cm³/mol. The Hall–Kier alpha value is -1.87. The Balaban J connectivity index is 2.02. The van der Waals surface area contributed by atoms with Crippen molar-refractivity contribution >= 4 is 16.7 Å². The summed E-state index contributed by atoms with van der Waals surface area (Å²) in [6.07, 6.45) is 0. The van der Waals surface area contributed by atoms with Gasteiger partial charge in [-0.25, -0.2) is 0 Å². The standard InChI is InChI=1S/C14H16N2O/c1-15-14(17)10-16-9-11-6-7-12-4-2-3-5-13(12)8-11/h2-8,16H,9-10H2,1H3,(H,15,17). The van der Waals surface area contributed by atoms with E-state index in [2.05, 4.69) is 41.0 Å². The molecular weight excluding hydrogens is 212 g/mol. The van der Waals surface area contributed by atoms with Crippen LogP contribution in [0, 0.1) is 0 Å². The first-order chi connectivity index (χ1) is 8.29. The minimum atomic E-state index is 0.00536. The lowest BCUT2D eigenvalue weighted by atomic mass is 10.1. The Morgan fingerprint density at radius 2 is 1.88 bits per heavy atom. The average Bonchev–Trinajstić information content (AvgIpc) is 2.38. The molecule has 0 saturated carbocycles. The van der Waals surface area contributed by atoms with E-state index in [4.69, 9.17) is 0 Å². The topological polar surface area (TPSA) is 41.1 Å². The number of hydrogen-bond acceptors (Lipinski definition) is 2. The predicted octanol–water partition coefficient (Wildman–Crippen LogP) is 1.68. The second-order valence-electron chi connectivity index (χ2n) is 3.96. The molecule has 0 saturated heterocycles. The molecule has 3 heteroatoms. The van der Waals surface area contributed by atoms with Crippen molar-refractivity contribution < 1.29 is 4.79 Å². The van der Waals surface area contributed by atoms with Crippen LogP contribution in [0.15, 0.2) is 42.5 Å². The smallest absolute Gasteiger partial charge is 0.233 e. The van der Waals surface area contributed by atoms with E-state index >= 15 is 0 Å². The highest BCUT2D eigenvalue weighted by molar-refractivity contribution is 5.83. The first-order valence-electron chi connectivity index (χ1n) is 5.68. The molecule has 0 aromatic heterocycles. The largest absolute Gasteiger partial charge is 0.358 e. The van der Waals surface area contributed by atoms with Crippen LogP contribution in [0.1, 0.15) is 5.56 Å². The molecule has 0 aliphatic heterocycles. The van der Waals surface area contributed by atoms with E-state index in [-0.39, 0.29) is 5.91 Å². The van der Waals surface area contributed by atoms with Gasteiger partial charge in [0.15, 0.2) is 0 Å². The summed E-state index contributed by atoms with van der Waals surface area (Å²) in [5, 5.41) is 8.15. The second kappa shape index (κ2) is 5.46. The molecule has 0 heterocycles. The summed E-state index contributed by atoms with van der Waals surface area (Å²) in [6.45, 7) is 1.06. The summed E-state index contributed by atoms with van der Waals surface area (Å²) in [4.78, 5) is 11.0. The molecule has 1 amide bonds. The molecule has 0 spiro atoms. The van der Waals surface area contributed by atoms with E-state index in [1.165, 1.54) is 16.3 Å². The molecule has 0 bridgehead atoms. The minimum absolute atomic E-state index is 0.00536. The van der Waals surface area contributed by atoms with Crippen molar-refractivity contribution in [1.82, 2.24) is 10.6 Å². The number of nitrogens with one attached hydrogen (secondary N) is 2. The number of amides is 1.